The van der Waals surface area contributed by atoms with Crippen molar-refractivity contribution in [3.05, 3.63) is 22.8 Å². The van der Waals surface area contributed by atoms with Gasteiger partial charge >= 0.3 is 11.9 Å². The first-order chi connectivity index (χ1) is 10.5. The summed E-state index contributed by atoms with van der Waals surface area (Å²) in [6.45, 7) is 3.85. The van der Waals surface area contributed by atoms with Crippen LogP contribution in [0, 0.1) is 5.41 Å². The van der Waals surface area contributed by atoms with Crippen LogP contribution in [0.1, 0.15) is 26.7 Å². The number of hydrogen-bond acceptors (Lipinski definition) is 6. The van der Waals surface area contributed by atoms with Crippen molar-refractivity contribution in [1.82, 2.24) is 4.98 Å². The zero-order valence-corrected chi connectivity index (χ0v) is 14.1. The number of pyridine rings is 1. The van der Waals surface area contributed by atoms with Gasteiger partial charge in [0, 0.05) is 29.6 Å². The zero-order chi connectivity index (χ0) is 16.2. The van der Waals surface area contributed by atoms with Crippen LogP contribution >= 0.6 is 15.9 Å². The third-order valence-corrected chi connectivity index (χ3v) is 3.94. The number of carbonyl (C=O) groups excluding carboxylic acids is 2. The van der Waals surface area contributed by atoms with Crippen molar-refractivity contribution in [2.75, 3.05) is 13.2 Å². The van der Waals surface area contributed by atoms with Crippen LogP contribution in [0.4, 0.5) is 0 Å². The standard InChI is InChI=1S/C15H18BrNO5/c1-3-20-13(18)15(14(19)21-4-2)7-11(8-15)22-12-6-5-10(16)9-17-12/h5-6,9,11H,3-4,7-8H2,1-2H3. The van der Waals surface area contributed by atoms with E-state index in [1.165, 1.54) is 0 Å². The number of halogens is 1. The van der Waals surface area contributed by atoms with Crippen molar-refractivity contribution in [2.45, 2.75) is 32.8 Å². The highest BCUT2D eigenvalue weighted by molar-refractivity contribution is 9.10. The summed E-state index contributed by atoms with van der Waals surface area (Å²) in [7, 11) is 0. The number of nitrogens with zero attached hydrogens (tertiary/aromatic N) is 1. The molecule has 7 heteroatoms. The van der Waals surface area contributed by atoms with Gasteiger partial charge in [0.05, 0.1) is 13.2 Å². The second kappa shape index (κ2) is 7.09. The first-order valence-corrected chi connectivity index (χ1v) is 7.93. The van der Waals surface area contributed by atoms with Gasteiger partial charge in [-0.2, -0.15) is 0 Å². The minimum absolute atomic E-state index is 0.222. The first-order valence-electron chi connectivity index (χ1n) is 7.14. The maximum atomic E-state index is 12.1. The van der Waals surface area contributed by atoms with Crippen molar-refractivity contribution in [3.63, 3.8) is 0 Å². The lowest BCUT2D eigenvalue weighted by molar-refractivity contribution is -0.186. The lowest BCUT2D eigenvalue weighted by Gasteiger charge is -2.42. The molecule has 0 amide bonds. The fourth-order valence-electron chi connectivity index (χ4n) is 2.36. The Morgan fingerprint density at radius 1 is 1.23 bits per heavy atom. The highest BCUT2D eigenvalue weighted by atomic mass is 79.9. The van der Waals surface area contributed by atoms with E-state index >= 15 is 0 Å². The monoisotopic (exact) mass is 371 g/mol. The molecule has 2 rings (SSSR count). The van der Waals surface area contributed by atoms with Crippen LogP contribution < -0.4 is 4.74 Å². The quantitative estimate of drug-likeness (QED) is 0.564. The molecule has 0 saturated heterocycles. The molecule has 1 aromatic rings. The van der Waals surface area contributed by atoms with Crippen molar-refractivity contribution in [3.8, 4) is 5.88 Å². The maximum absolute atomic E-state index is 12.1. The molecule has 6 nitrogen and oxygen atoms in total. The Morgan fingerprint density at radius 2 is 1.82 bits per heavy atom. The molecule has 1 aliphatic carbocycles. The normalized spacial score (nSPS) is 16.5. The summed E-state index contributed by atoms with van der Waals surface area (Å²) in [4.78, 5) is 28.3. The van der Waals surface area contributed by atoms with E-state index in [0.29, 0.717) is 5.88 Å². The maximum Gasteiger partial charge on any atom is 0.323 e. The second-order valence-electron chi connectivity index (χ2n) is 4.99. The van der Waals surface area contributed by atoms with E-state index < -0.39 is 17.4 Å². The molecular formula is C15H18BrNO5. The summed E-state index contributed by atoms with van der Waals surface area (Å²) in [5, 5.41) is 0. The summed E-state index contributed by atoms with van der Waals surface area (Å²) in [5.41, 5.74) is -1.24. The molecule has 0 aromatic carbocycles. The molecule has 0 N–H and O–H groups in total. The number of hydrogen-bond donors (Lipinski definition) is 0. The summed E-state index contributed by atoms with van der Waals surface area (Å²) < 4.78 is 16.5. The molecule has 120 valence electrons. The Hall–Kier alpha value is -1.63. The average Bonchev–Trinajstić information content (AvgIpc) is 2.44. The van der Waals surface area contributed by atoms with Crippen LogP contribution in [-0.2, 0) is 19.1 Å². The smallest absolute Gasteiger partial charge is 0.323 e. The number of aromatic nitrogens is 1. The van der Waals surface area contributed by atoms with Crippen LogP contribution in [-0.4, -0.2) is 36.2 Å². The Kier molecular flexibility index (Phi) is 5.39. The number of ether oxygens (including phenoxy) is 3. The predicted molar refractivity (Wildman–Crippen MR) is 81.3 cm³/mol. The summed E-state index contributed by atoms with van der Waals surface area (Å²) in [5.74, 6) is -0.636. The topological polar surface area (TPSA) is 74.7 Å². The average molecular weight is 372 g/mol. The molecule has 0 radical (unpaired) electrons. The van der Waals surface area contributed by atoms with Crippen LogP contribution in [0.15, 0.2) is 22.8 Å². The van der Waals surface area contributed by atoms with Crippen LogP contribution in [0.25, 0.3) is 0 Å². The van der Waals surface area contributed by atoms with E-state index in [-0.39, 0.29) is 32.2 Å². The highest BCUT2D eigenvalue weighted by Crippen LogP contribution is 2.45. The molecule has 1 aliphatic rings. The van der Waals surface area contributed by atoms with Gasteiger partial charge in [-0.25, -0.2) is 4.98 Å². The largest absolute Gasteiger partial charge is 0.474 e. The van der Waals surface area contributed by atoms with E-state index in [9.17, 15) is 9.59 Å². The van der Waals surface area contributed by atoms with Crippen molar-refractivity contribution >= 4 is 27.9 Å². The van der Waals surface area contributed by atoms with Crippen molar-refractivity contribution in [1.29, 1.82) is 0 Å². The van der Waals surface area contributed by atoms with Gasteiger partial charge in [-0.05, 0) is 35.8 Å². The lowest BCUT2D eigenvalue weighted by Crippen LogP contribution is -2.55. The van der Waals surface area contributed by atoms with Crippen molar-refractivity contribution < 1.29 is 23.8 Å². The summed E-state index contributed by atoms with van der Waals surface area (Å²) in [6, 6.07) is 3.53. The third-order valence-electron chi connectivity index (χ3n) is 3.47. The Bertz CT molecular complexity index is 519. The van der Waals surface area contributed by atoms with E-state index in [0.717, 1.165) is 4.47 Å². The number of esters is 2. The minimum Gasteiger partial charge on any atom is -0.474 e. The molecule has 0 spiro atoms. The fraction of sp³-hybridized carbons (Fsp3) is 0.533. The third kappa shape index (κ3) is 3.40. The van der Waals surface area contributed by atoms with Crippen LogP contribution in [0.5, 0.6) is 5.88 Å². The molecule has 1 fully saturated rings. The van der Waals surface area contributed by atoms with Gasteiger partial charge < -0.3 is 14.2 Å². The molecule has 1 heterocycles. The summed E-state index contributed by atoms with van der Waals surface area (Å²) >= 11 is 3.29. The highest BCUT2D eigenvalue weighted by Gasteiger charge is 2.59. The van der Waals surface area contributed by atoms with E-state index in [1.807, 2.05) is 6.07 Å². The number of carbonyl (C=O) groups is 2. The van der Waals surface area contributed by atoms with Crippen molar-refractivity contribution in [2.24, 2.45) is 5.41 Å². The van der Waals surface area contributed by atoms with Gasteiger partial charge in [0.1, 0.15) is 6.10 Å². The predicted octanol–water partition coefficient (Wildman–Crippen LogP) is 2.50. The molecule has 0 bridgehead atoms. The van der Waals surface area contributed by atoms with E-state index in [4.69, 9.17) is 14.2 Å². The zero-order valence-electron chi connectivity index (χ0n) is 12.5. The van der Waals surface area contributed by atoms with Gasteiger partial charge in [0.15, 0.2) is 5.41 Å². The van der Waals surface area contributed by atoms with Gasteiger partial charge in [-0.15, -0.1) is 0 Å². The minimum atomic E-state index is -1.24. The molecule has 22 heavy (non-hydrogen) atoms. The number of rotatable bonds is 6. The second-order valence-corrected chi connectivity index (χ2v) is 5.90. The summed E-state index contributed by atoms with van der Waals surface area (Å²) in [6.07, 6.45) is 1.84. The molecule has 1 aromatic heterocycles. The van der Waals surface area contributed by atoms with Gasteiger partial charge in [-0.1, -0.05) is 0 Å². The fourth-order valence-corrected chi connectivity index (χ4v) is 2.59. The molecule has 1 saturated carbocycles. The van der Waals surface area contributed by atoms with Crippen LogP contribution in [0.2, 0.25) is 0 Å². The molecular weight excluding hydrogens is 354 g/mol. The Balaban J connectivity index is 2.02. The molecule has 0 atom stereocenters. The van der Waals surface area contributed by atoms with Crippen LogP contribution in [0.3, 0.4) is 0 Å². The van der Waals surface area contributed by atoms with Gasteiger partial charge in [0.25, 0.3) is 0 Å². The first kappa shape index (κ1) is 16.7. The molecule has 0 unspecified atom stereocenters. The Morgan fingerprint density at radius 3 is 2.27 bits per heavy atom. The van der Waals surface area contributed by atoms with E-state index in [1.54, 1.807) is 26.1 Å². The van der Waals surface area contributed by atoms with E-state index in [2.05, 4.69) is 20.9 Å². The SMILES string of the molecule is CCOC(=O)C1(C(=O)OCC)CC(Oc2ccc(Br)cn2)C1. The van der Waals surface area contributed by atoms with Gasteiger partial charge in [-0.3, -0.25) is 9.59 Å². The van der Waals surface area contributed by atoms with Gasteiger partial charge in [0.2, 0.25) is 5.88 Å². The molecule has 0 aliphatic heterocycles. The lowest BCUT2D eigenvalue weighted by atomic mass is 9.66. The Labute approximate surface area is 137 Å².